The van der Waals surface area contributed by atoms with Crippen molar-refractivity contribution in [1.29, 1.82) is 0 Å². The molecule has 0 unspecified atom stereocenters. The highest BCUT2D eigenvalue weighted by atomic mass is 16.5. The van der Waals surface area contributed by atoms with Gasteiger partial charge in [-0.25, -0.2) is 9.78 Å². The van der Waals surface area contributed by atoms with E-state index in [4.69, 9.17) is 9.47 Å². The molecule has 6 heteroatoms. The van der Waals surface area contributed by atoms with Gasteiger partial charge in [0.2, 0.25) is 5.88 Å². The van der Waals surface area contributed by atoms with Crippen molar-refractivity contribution < 1.29 is 19.4 Å². The minimum atomic E-state index is -1.15. The number of carbonyl (C=O) groups is 1. The molecule has 3 aromatic rings. The molecule has 0 aliphatic heterocycles. The molecular formula is C18H14N2O4. The second-order valence-electron chi connectivity index (χ2n) is 4.86. The molecule has 6 nitrogen and oxygen atoms in total. The van der Waals surface area contributed by atoms with E-state index in [2.05, 4.69) is 9.97 Å². The fourth-order valence-electron chi connectivity index (χ4n) is 2.07. The highest BCUT2D eigenvalue weighted by Crippen LogP contribution is 2.26. The van der Waals surface area contributed by atoms with Gasteiger partial charge < -0.3 is 14.6 Å². The average molecular weight is 322 g/mol. The van der Waals surface area contributed by atoms with Gasteiger partial charge in [-0.3, -0.25) is 0 Å². The average Bonchev–Trinajstić information content (AvgIpc) is 2.62. The van der Waals surface area contributed by atoms with Crippen molar-refractivity contribution in [1.82, 2.24) is 9.97 Å². The first kappa shape index (κ1) is 15.5. The van der Waals surface area contributed by atoms with E-state index in [9.17, 15) is 9.90 Å². The minimum Gasteiger partial charge on any atom is -0.497 e. The summed E-state index contributed by atoms with van der Waals surface area (Å²) in [6, 6.07) is 16.0. The van der Waals surface area contributed by atoms with Crippen molar-refractivity contribution in [2.75, 3.05) is 7.11 Å². The molecule has 0 aliphatic rings. The number of carboxylic acids is 1. The van der Waals surface area contributed by atoms with Crippen molar-refractivity contribution in [3.8, 4) is 28.8 Å². The Bertz CT molecular complexity index is 849. The molecule has 0 fully saturated rings. The molecular weight excluding hydrogens is 308 g/mol. The SMILES string of the molecule is COc1ccc(-c2ncc(C(=O)O)c(Oc3ccccc3)n2)cc1. The molecule has 0 saturated heterocycles. The quantitative estimate of drug-likeness (QED) is 0.772. The summed E-state index contributed by atoms with van der Waals surface area (Å²) in [7, 11) is 1.58. The topological polar surface area (TPSA) is 81.5 Å². The molecule has 0 saturated carbocycles. The van der Waals surface area contributed by atoms with Gasteiger partial charge in [-0.1, -0.05) is 18.2 Å². The molecule has 1 N–H and O–H groups in total. The van der Waals surface area contributed by atoms with Gasteiger partial charge in [-0.15, -0.1) is 0 Å². The summed E-state index contributed by atoms with van der Waals surface area (Å²) in [5, 5.41) is 9.30. The summed E-state index contributed by atoms with van der Waals surface area (Å²) in [5.41, 5.74) is 0.627. The Labute approximate surface area is 138 Å². The molecule has 2 aromatic carbocycles. The predicted molar refractivity (Wildman–Crippen MR) is 87.5 cm³/mol. The highest BCUT2D eigenvalue weighted by molar-refractivity contribution is 5.90. The lowest BCUT2D eigenvalue weighted by Crippen LogP contribution is -2.04. The highest BCUT2D eigenvalue weighted by Gasteiger charge is 2.16. The number of rotatable bonds is 5. The number of methoxy groups -OCH3 is 1. The number of benzene rings is 2. The van der Waals surface area contributed by atoms with Crippen molar-refractivity contribution in [2.45, 2.75) is 0 Å². The lowest BCUT2D eigenvalue weighted by molar-refractivity contribution is 0.0693. The summed E-state index contributed by atoms with van der Waals surface area (Å²) in [4.78, 5) is 19.7. The van der Waals surface area contributed by atoms with E-state index in [1.807, 2.05) is 6.07 Å². The molecule has 0 atom stereocenters. The monoisotopic (exact) mass is 322 g/mol. The smallest absolute Gasteiger partial charge is 0.342 e. The van der Waals surface area contributed by atoms with Crippen LogP contribution >= 0.6 is 0 Å². The molecule has 1 aromatic heterocycles. The Morgan fingerprint density at radius 2 is 1.71 bits per heavy atom. The van der Waals surface area contributed by atoms with Crippen LogP contribution in [0.1, 0.15) is 10.4 Å². The van der Waals surface area contributed by atoms with Crippen LogP contribution in [0.3, 0.4) is 0 Å². The summed E-state index contributed by atoms with van der Waals surface area (Å²) in [5.74, 6) is 0.423. The summed E-state index contributed by atoms with van der Waals surface area (Å²) in [6.07, 6.45) is 1.24. The number of ether oxygens (including phenoxy) is 2. The molecule has 0 aliphatic carbocycles. The van der Waals surface area contributed by atoms with E-state index in [0.717, 1.165) is 5.56 Å². The van der Waals surface area contributed by atoms with Gasteiger partial charge in [0.15, 0.2) is 5.82 Å². The molecule has 0 radical (unpaired) electrons. The number of carboxylic acid groups (broad SMARTS) is 1. The Balaban J connectivity index is 2.00. The van der Waals surface area contributed by atoms with E-state index < -0.39 is 5.97 Å². The first-order valence-electron chi connectivity index (χ1n) is 7.15. The standard InChI is InChI=1S/C18H14N2O4/c1-23-13-9-7-12(8-10-13)16-19-11-15(18(21)22)17(20-16)24-14-5-3-2-4-6-14/h2-11H,1H3,(H,21,22). The Kier molecular flexibility index (Phi) is 4.38. The lowest BCUT2D eigenvalue weighted by Gasteiger charge is -2.09. The van der Waals surface area contributed by atoms with Gasteiger partial charge in [0.1, 0.15) is 17.1 Å². The third-order valence-electron chi connectivity index (χ3n) is 3.29. The van der Waals surface area contributed by atoms with Gasteiger partial charge in [-0.05, 0) is 36.4 Å². The number of aromatic carboxylic acids is 1. The molecule has 0 spiro atoms. The van der Waals surface area contributed by atoms with Crippen LogP contribution in [0, 0.1) is 0 Å². The van der Waals surface area contributed by atoms with Crippen LogP contribution in [0.2, 0.25) is 0 Å². The largest absolute Gasteiger partial charge is 0.497 e. The Morgan fingerprint density at radius 1 is 1.00 bits per heavy atom. The number of nitrogens with zero attached hydrogens (tertiary/aromatic N) is 2. The zero-order valence-electron chi connectivity index (χ0n) is 12.8. The maximum absolute atomic E-state index is 11.4. The van der Waals surface area contributed by atoms with Crippen LogP contribution in [0.15, 0.2) is 60.8 Å². The zero-order chi connectivity index (χ0) is 16.9. The first-order chi connectivity index (χ1) is 11.7. The second-order valence-corrected chi connectivity index (χ2v) is 4.86. The van der Waals surface area contributed by atoms with Crippen LogP contribution in [0.4, 0.5) is 0 Å². The van der Waals surface area contributed by atoms with Gasteiger partial charge in [-0.2, -0.15) is 4.98 Å². The van der Waals surface area contributed by atoms with E-state index in [1.165, 1.54) is 6.20 Å². The first-order valence-corrected chi connectivity index (χ1v) is 7.15. The van der Waals surface area contributed by atoms with Crippen molar-refractivity contribution >= 4 is 5.97 Å². The van der Waals surface area contributed by atoms with Crippen LogP contribution < -0.4 is 9.47 Å². The Hall–Kier alpha value is -3.41. The summed E-state index contributed by atoms with van der Waals surface area (Å²) < 4.78 is 10.7. The van der Waals surface area contributed by atoms with Crippen LogP contribution in [-0.2, 0) is 0 Å². The fourth-order valence-corrected chi connectivity index (χ4v) is 2.07. The minimum absolute atomic E-state index is 0.00508. The normalized spacial score (nSPS) is 10.2. The third-order valence-corrected chi connectivity index (χ3v) is 3.29. The lowest BCUT2D eigenvalue weighted by atomic mass is 10.2. The molecule has 120 valence electrons. The van der Waals surface area contributed by atoms with E-state index in [1.54, 1.807) is 55.6 Å². The van der Waals surface area contributed by atoms with Gasteiger partial charge in [0.25, 0.3) is 0 Å². The third kappa shape index (κ3) is 3.33. The summed E-state index contributed by atoms with van der Waals surface area (Å²) in [6.45, 7) is 0. The van der Waals surface area contributed by atoms with Gasteiger partial charge in [0.05, 0.1) is 7.11 Å². The number of para-hydroxylation sites is 1. The van der Waals surface area contributed by atoms with Crippen LogP contribution in [-0.4, -0.2) is 28.2 Å². The van der Waals surface area contributed by atoms with Crippen molar-refractivity contribution in [3.63, 3.8) is 0 Å². The maximum atomic E-state index is 11.4. The number of aromatic nitrogens is 2. The van der Waals surface area contributed by atoms with Crippen LogP contribution in [0.5, 0.6) is 17.4 Å². The maximum Gasteiger partial charge on any atom is 0.342 e. The van der Waals surface area contributed by atoms with E-state index in [-0.39, 0.29) is 11.4 Å². The fraction of sp³-hybridized carbons (Fsp3) is 0.0556. The molecule has 24 heavy (non-hydrogen) atoms. The number of hydrogen-bond donors (Lipinski definition) is 1. The van der Waals surface area contributed by atoms with Gasteiger partial charge >= 0.3 is 5.97 Å². The molecule has 0 bridgehead atoms. The number of hydrogen-bond acceptors (Lipinski definition) is 5. The second kappa shape index (κ2) is 6.78. The molecule has 3 rings (SSSR count). The van der Waals surface area contributed by atoms with Crippen molar-refractivity contribution in [3.05, 3.63) is 66.4 Å². The predicted octanol–water partition coefficient (Wildman–Crippen LogP) is 3.64. The molecule has 0 amide bonds. The zero-order valence-corrected chi connectivity index (χ0v) is 12.8. The van der Waals surface area contributed by atoms with Crippen LogP contribution in [0.25, 0.3) is 11.4 Å². The van der Waals surface area contributed by atoms with Crippen molar-refractivity contribution in [2.24, 2.45) is 0 Å². The summed E-state index contributed by atoms with van der Waals surface area (Å²) >= 11 is 0. The van der Waals surface area contributed by atoms with Gasteiger partial charge in [0, 0.05) is 11.8 Å². The van der Waals surface area contributed by atoms with E-state index >= 15 is 0 Å². The molecule has 1 heterocycles. The Morgan fingerprint density at radius 3 is 2.33 bits per heavy atom. The van der Waals surface area contributed by atoms with E-state index in [0.29, 0.717) is 17.3 Å².